The van der Waals surface area contributed by atoms with Crippen molar-refractivity contribution < 1.29 is 13.5 Å². The SMILES string of the molecule is C=CC[C@@H](C[C@@H](O)c1ccccc1)NS(=O)(=O)c1ccc(C)cc1. The molecule has 2 aromatic rings. The molecular formula is C19H23NO3S. The predicted molar refractivity (Wildman–Crippen MR) is 96.1 cm³/mol. The molecule has 0 aliphatic carbocycles. The Morgan fingerprint density at radius 2 is 1.75 bits per heavy atom. The average Bonchev–Trinajstić information content (AvgIpc) is 2.56. The summed E-state index contributed by atoms with van der Waals surface area (Å²) in [7, 11) is -3.64. The summed E-state index contributed by atoms with van der Waals surface area (Å²) in [5.74, 6) is 0. The molecule has 0 amide bonds. The Bertz CT molecular complexity index is 755. The standard InChI is InChI=1S/C19H23NO3S/c1-3-7-17(14-19(21)16-8-5-4-6-9-16)20-24(22,23)18-12-10-15(2)11-13-18/h3-6,8-13,17,19-21H,1,7,14H2,2H3/t17-,19+/m0/s1. The highest BCUT2D eigenvalue weighted by Crippen LogP contribution is 2.21. The number of nitrogens with one attached hydrogen (secondary N) is 1. The summed E-state index contributed by atoms with van der Waals surface area (Å²) in [6.45, 7) is 5.58. The molecule has 128 valence electrons. The largest absolute Gasteiger partial charge is 0.388 e. The van der Waals surface area contributed by atoms with Crippen LogP contribution in [0.25, 0.3) is 0 Å². The second-order valence-corrected chi connectivity index (χ2v) is 7.53. The Labute approximate surface area is 143 Å². The van der Waals surface area contributed by atoms with Crippen molar-refractivity contribution in [2.24, 2.45) is 0 Å². The first-order valence-electron chi connectivity index (χ1n) is 7.85. The summed E-state index contributed by atoms with van der Waals surface area (Å²) >= 11 is 0. The van der Waals surface area contributed by atoms with Gasteiger partial charge < -0.3 is 5.11 Å². The molecule has 2 atom stereocenters. The van der Waals surface area contributed by atoms with Crippen molar-refractivity contribution in [1.29, 1.82) is 0 Å². The third kappa shape index (κ3) is 5.03. The van der Waals surface area contributed by atoms with Crippen LogP contribution in [0.5, 0.6) is 0 Å². The van der Waals surface area contributed by atoms with E-state index in [4.69, 9.17) is 0 Å². The molecule has 0 heterocycles. The van der Waals surface area contributed by atoms with Crippen molar-refractivity contribution in [1.82, 2.24) is 4.72 Å². The van der Waals surface area contributed by atoms with E-state index in [9.17, 15) is 13.5 Å². The summed E-state index contributed by atoms with van der Waals surface area (Å²) in [6, 6.07) is 15.5. The first kappa shape index (κ1) is 18.4. The number of hydrogen-bond donors (Lipinski definition) is 2. The molecule has 0 spiro atoms. The highest BCUT2D eigenvalue weighted by molar-refractivity contribution is 7.89. The number of aryl methyl sites for hydroxylation is 1. The van der Waals surface area contributed by atoms with Crippen molar-refractivity contribution in [3.8, 4) is 0 Å². The molecule has 0 aliphatic heterocycles. The van der Waals surface area contributed by atoms with Crippen LogP contribution in [0.3, 0.4) is 0 Å². The molecule has 0 unspecified atom stereocenters. The van der Waals surface area contributed by atoms with E-state index in [1.54, 1.807) is 30.3 Å². The van der Waals surface area contributed by atoms with Gasteiger partial charge in [0.2, 0.25) is 10.0 Å². The van der Waals surface area contributed by atoms with Crippen LogP contribution in [0.1, 0.15) is 30.1 Å². The minimum atomic E-state index is -3.64. The zero-order valence-electron chi connectivity index (χ0n) is 13.7. The minimum Gasteiger partial charge on any atom is -0.388 e. The van der Waals surface area contributed by atoms with Crippen LogP contribution < -0.4 is 4.72 Å². The van der Waals surface area contributed by atoms with E-state index in [0.29, 0.717) is 6.42 Å². The van der Waals surface area contributed by atoms with Crippen LogP contribution in [-0.2, 0) is 10.0 Å². The Kier molecular flexibility index (Phi) is 6.31. The van der Waals surface area contributed by atoms with Crippen molar-refractivity contribution >= 4 is 10.0 Å². The fourth-order valence-corrected chi connectivity index (χ4v) is 3.74. The van der Waals surface area contributed by atoms with Gasteiger partial charge in [-0.2, -0.15) is 0 Å². The van der Waals surface area contributed by atoms with Crippen LogP contribution >= 0.6 is 0 Å². The number of aliphatic hydroxyl groups is 1. The van der Waals surface area contributed by atoms with E-state index in [0.717, 1.165) is 11.1 Å². The molecule has 2 N–H and O–H groups in total. The summed E-state index contributed by atoms with van der Waals surface area (Å²) < 4.78 is 27.7. The van der Waals surface area contributed by atoms with Crippen LogP contribution in [0.15, 0.2) is 72.1 Å². The predicted octanol–water partition coefficient (Wildman–Crippen LogP) is 3.34. The normalized spacial score (nSPS) is 14.1. The van der Waals surface area contributed by atoms with Gasteiger partial charge >= 0.3 is 0 Å². The average molecular weight is 345 g/mol. The number of benzene rings is 2. The van der Waals surface area contributed by atoms with Gasteiger partial charge in [0, 0.05) is 6.04 Å². The zero-order chi connectivity index (χ0) is 17.6. The zero-order valence-corrected chi connectivity index (χ0v) is 14.5. The van der Waals surface area contributed by atoms with Gasteiger partial charge in [-0.05, 0) is 37.5 Å². The maximum atomic E-state index is 12.5. The van der Waals surface area contributed by atoms with Crippen molar-refractivity contribution in [3.63, 3.8) is 0 Å². The Hall–Kier alpha value is -1.95. The van der Waals surface area contributed by atoms with E-state index < -0.39 is 22.2 Å². The maximum absolute atomic E-state index is 12.5. The third-order valence-electron chi connectivity index (χ3n) is 3.80. The van der Waals surface area contributed by atoms with E-state index in [2.05, 4.69) is 11.3 Å². The Balaban J connectivity index is 2.12. The van der Waals surface area contributed by atoms with Gasteiger partial charge in [-0.15, -0.1) is 6.58 Å². The molecule has 0 aromatic heterocycles. The lowest BCUT2D eigenvalue weighted by atomic mass is 10.0. The monoisotopic (exact) mass is 345 g/mol. The fraction of sp³-hybridized carbons (Fsp3) is 0.263. The van der Waals surface area contributed by atoms with E-state index in [1.807, 2.05) is 37.3 Å². The third-order valence-corrected chi connectivity index (χ3v) is 5.33. The highest BCUT2D eigenvalue weighted by Gasteiger charge is 2.22. The topological polar surface area (TPSA) is 66.4 Å². The van der Waals surface area contributed by atoms with Gasteiger partial charge in [-0.3, -0.25) is 0 Å². The van der Waals surface area contributed by atoms with Crippen LogP contribution in [0, 0.1) is 6.92 Å². The van der Waals surface area contributed by atoms with Crippen LogP contribution in [0.4, 0.5) is 0 Å². The second-order valence-electron chi connectivity index (χ2n) is 5.82. The Morgan fingerprint density at radius 3 is 2.33 bits per heavy atom. The van der Waals surface area contributed by atoms with Crippen LogP contribution in [-0.4, -0.2) is 19.6 Å². The number of hydrogen-bond acceptors (Lipinski definition) is 3. The molecule has 0 radical (unpaired) electrons. The molecule has 0 saturated heterocycles. The van der Waals surface area contributed by atoms with E-state index in [-0.39, 0.29) is 11.3 Å². The van der Waals surface area contributed by atoms with E-state index >= 15 is 0 Å². The second kappa shape index (κ2) is 8.24. The highest BCUT2D eigenvalue weighted by atomic mass is 32.2. The summed E-state index contributed by atoms with van der Waals surface area (Å²) in [6.07, 6.45) is 1.63. The molecule has 24 heavy (non-hydrogen) atoms. The number of aliphatic hydroxyl groups excluding tert-OH is 1. The molecule has 0 saturated carbocycles. The summed E-state index contributed by atoms with van der Waals surface area (Å²) in [5.41, 5.74) is 1.76. The van der Waals surface area contributed by atoms with Crippen molar-refractivity contribution in [2.75, 3.05) is 0 Å². The van der Waals surface area contributed by atoms with Gasteiger partial charge in [0.15, 0.2) is 0 Å². The summed E-state index contributed by atoms with van der Waals surface area (Å²) in [5, 5.41) is 10.4. The number of rotatable bonds is 8. The lowest BCUT2D eigenvalue weighted by Crippen LogP contribution is -2.35. The molecule has 0 aliphatic rings. The first-order valence-corrected chi connectivity index (χ1v) is 9.33. The fourth-order valence-electron chi connectivity index (χ4n) is 2.48. The lowest BCUT2D eigenvalue weighted by molar-refractivity contribution is 0.155. The molecule has 0 fully saturated rings. The van der Waals surface area contributed by atoms with Crippen molar-refractivity contribution in [2.45, 2.75) is 36.8 Å². The van der Waals surface area contributed by atoms with Crippen molar-refractivity contribution in [3.05, 3.63) is 78.4 Å². The van der Waals surface area contributed by atoms with Crippen LogP contribution in [0.2, 0.25) is 0 Å². The molecule has 4 nitrogen and oxygen atoms in total. The van der Waals surface area contributed by atoms with Gasteiger partial charge in [-0.25, -0.2) is 13.1 Å². The lowest BCUT2D eigenvalue weighted by Gasteiger charge is -2.21. The Morgan fingerprint density at radius 1 is 1.12 bits per heavy atom. The maximum Gasteiger partial charge on any atom is 0.240 e. The molecular weight excluding hydrogens is 322 g/mol. The smallest absolute Gasteiger partial charge is 0.240 e. The molecule has 5 heteroatoms. The van der Waals surface area contributed by atoms with Gasteiger partial charge in [0.25, 0.3) is 0 Å². The van der Waals surface area contributed by atoms with Gasteiger partial charge in [0.1, 0.15) is 0 Å². The molecule has 0 bridgehead atoms. The molecule has 2 rings (SSSR count). The quantitative estimate of drug-likeness (QED) is 0.721. The van der Waals surface area contributed by atoms with Gasteiger partial charge in [0.05, 0.1) is 11.0 Å². The van der Waals surface area contributed by atoms with E-state index in [1.165, 1.54) is 0 Å². The van der Waals surface area contributed by atoms with Gasteiger partial charge in [-0.1, -0.05) is 54.1 Å². The summed E-state index contributed by atoms with van der Waals surface area (Å²) in [4.78, 5) is 0.219. The minimum absolute atomic E-state index is 0.219. The number of sulfonamides is 1. The molecule has 2 aromatic carbocycles. The first-order chi connectivity index (χ1) is 11.4.